The lowest BCUT2D eigenvalue weighted by Gasteiger charge is -2.15. The molecule has 2 N–H and O–H groups in total. The molecule has 0 aliphatic heterocycles. The molecule has 2 aromatic carbocycles. The highest BCUT2D eigenvalue weighted by Crippen LogP contribution is 2.28. The summed E-state index contributed by atoms with van der Waals surface area (Å²) in [7, 11) is 0. The van der Waals surface area contributed by atoms with Crippen molar-refractivity contribution in [1.82, 2.24) is 5.32 Å². The lowest BCUT2D eigenvalue weighted by molar-refractivity contribution is 0.190. The van der Waals surface area contributed by atoms with Crippen LogP contribution in [0.2, 0.25) is 0 Å². The number of benzene rings is 2. The minimum Gasteiger partial charge on any atom is -0.493 e. The Balaban J connectivity index is 2.23. The van der Waals surface area contributed by atoms with Gasteiger partial charge in [0.15, 0.2) is 0 Å². The van der Waals surface area contributed by atoms with Gasteiger partial charge in [-0.05, 0) is 30.2 Å². The first-order chi connectivity index (χ1) is 10.2. The van der Waals surface area contributed by atoms with Crippen molar-refractivity contribution in [2.24, 2.45) is 0 Å². The van der Waals surface area contributed by atoms with Gasteiger partial charge in [-0.15, -0.1) is 0 Å². The number of aliphatic hydroxyl groups is 1. The molecule has 3 heteroatoms. The van der Waals surface area contributed by atoms with Gasteiger partial charge in [-0.1, -0.05) is 43.7 Å². The summed E-state index contributed by atoms with van der Waals surface area (Å²) in [5, 5.41) is 15.1. The monoisotopic (exact) mass is 287 g/mol. The van der Waals surface area contributed by atoms with Gasteiger partial charge in [0.1, 0.15) is 5.75 Å². The first-order valence-electron chi connectivity index (χ1n) is 7.74. The number of rotatable bonds is 8. The van der Waals surface area contributed by atoms with Gasteiger partial charge in [-0.25, -0.2) is 0 Å². The van der Waals surface area contributed by atoms with Crippen LogP contribution < -0.4 is 10.1 Å². The molecule has 0 fully saturated rings. The van der Waals surface area contributed by atoms with E-state index in [2.05, 4.69) is 42.6 Å². The molecule has 0 aliphatic carbocycles. The van der Waals surface area contributed by atoms with E-state index in [0.29, 0.717) is 13.1 Å². The minimum atomic E-state index is -0.343. The highest BCUT2D eigenvalue weighted by atomic mass is 16.5. The maximum atomic E-state index is 9.39. The molecular weight excluding hydrogens is 262 g/mol. The number of nitrogens with one attached hydrogen (secondary N) is 1. The Morgan fingerprint density at radius 1 is 1.19 bits per heavy atom. The number of aliphatic hydroxyl groups excluding tert-OH is 1. The van der Waals surface area contributed by atoms with Crippen LogP contribution >= 0.6 is 0 Å². The van der Waals surface area contributed by atoms with Crippen molar-refractivity contribution in [2.75, 3.05) is 13.2 Å². The third kappa shape index (κ3) is 4.45. The fourth-order valence-electron chi connectivity index (χ4n) is 2.37. The van der Waals surface area contributed by atoms with Crippen LogP contribution in [-0.4, -0.2) is 24.4 Å². The molecule has 0 saturated heterocycles. The highest BCUT2D eigenvalue weighted by molar-refractivity contribution is 5.87. The van der Waals surface area contributed by atoms with E-state index in [1.807, 2.05) is 6.07 Å². The van der Waals surface area contributed by atoms with Gasteiger partial charge in [0.2, 0.25) is 0 Å². The number of fused-ring (bicyclic) bond motifs is 1. The van der Waals surface area contributed by atoms with Gasteiger partial charge < -0.3 is 15.2 Å². The predicted octanol–water partition coefficient (Wildman–Crippen LogP) is 3.49. The lowest BCUT2D eigenvalue weighted by atomic mass is 10.0. The molecule has 1 atom stereocenters. The maximum absolute atomic E-state index is 9.39. The summed E-state index contributed by atoms with van der Waals surface area (Å²) in [5.41, 5.74) is 1.17. The van der Waals surface area contributed by atoms with E-state index in [0.717, 1.165) is 25.2 Å². The van der Waals surface area contributed by atoms with Gasteiger partial charge in [-0.3, -0.25) is 0 Å². The first kappa shape index (κ1) is 15.8. The van der Waals surface area contributed by atoms with E-state index in [9.17, 15) is 5.11 Å². The Bertz CT molecular complexity index is 566. The van der Waals surface area contributed by atoms with Crippen molar-refractivity contribution in [1.29, 1.82) is 0 Å². The second-order valence-electron chi connectivity index (χ2n) is 5.45. The van der Waals surface area contributed by atoms with E-state index in [1.165, 1.54) is 16.3 Å². The SMILES string of the molecule is CCCCOc1ccc2ccccc2c1CNCC(C)O. The van der Waals surface area contributed by atoms with E-state index in [-0.39, 0.29) is 6.10 Å². The zero-order valence-corrected chi connectivity index (χ0v) is 12.9. The molecule has 21 heavy (non-hydrogen) atoms. The third-order valence-electron chi connectivity index (χ3n) is 3.49. The molecule has 114 valence electrons. The van der Waals surface area contributed by atoms with Gasteiger partial charge >= 0.3 is 0 Å². The van der Waals surface area contributed by atoms with Gasteiger partial charge in [0.05, 0.1) is 12.7 Å². The van der Waals surface area contributed by atoms with Crippen molar-refractivity contribution in [3.63, 3.8) is 0 Å². The standard InChI is InChI=1S/C18H25NO2/c1-3-4-11-21-18-10-9-15-7-5-6-8-16(15)17(18)13-19-12-14(2)20/h5-10,14,19-20H,3-4,11-13H2,1-2H3. The Kier molecular flexibility index (Phi) is 6.03. The van der Waals surface area contributed by atoms with E-state index in [1.54, 1.807) is 6.92 Å². The smallest absolute Gasteiger partial charge is 0.124 e. The summed E-state index contributed by atoms with van der Waals surface area (Å²) >= 11 is 0. The van der Waals surface area contributed by atoms with E-state index >= 15 is 0 Å². The Morgan fingerprint density at radius 3 is 2.76 bits per heavy atom. The normalized spacial score (nSPS) is 12.5. The first-order valence-corrected chi connectivity index (χ1v) is 7.74. The summed E-state index contributed by atoms with van der Waals surface area (Å²) in [5.74, 6) is 0.945. The summed E-state index contributed by atoms with van der Waals surface area (Å²) in [4.78, 5) is 0. The molecule has 1 unspecified atom stereocenters. The molecule has 0 spiro atoms. The zero-order valence-electron chi connectivity index (χ0n) is 12.9. The number of unbranched alkanes of at least 4 members (excludes halogenated alkanes) is 1. The Labute approximate surface area is 126 Å². The average Bonchev–Trinajstić information content (AvgIpc) is 2.48. The molecule has 0 saturated carbocycles. The summed E-state index contributed by atoms with van der Waals surface area (Å²) < 4.78 is 5.94. The second kappa shape index (κ2) is 8.01. The molecule has 2 rings (SSSR count). The fourth-order valence-corrected chi connectivity index (χ4v) is 2.37. The molecular formula is C18H25NO2. The second-order valence-corrected chi connectivity index (χ2v) is 5.45. The Hall–Kier alpha value is -1.58. The summed E-state index contributed by atoms with van der Waals surface area (Å²) in [6, 6.07) is 12.5. The summed E-state index contributed by atoms with van der Waals surface area (Å²) in [6.45, 7) is 5.98. The van der Waals surface area contributed by atoms with Crippen LogP contribution in [0.15, 0.2) is 36.4 Å². The molecule has 0 heterocycles. The molecule has 2 aromatic rings. The van der Waals surface area contributed by atoms with E-state index in [4.69, 9.17) is 4.74 Å². The van der Waals surface area contributed by atoms with Gasteiger partial charge in [0, 0.05) is 18.7 Å². The largest absolute Gasteiger partial charge is 0.493 e. The predicted molar refractivity (Wildman–Crippen MR) is 87.7 cm³/mol. The summed E-state index contributed by atoms with van der Waals surface area (Å²) in [6.07, 6.45) is 1.85. The fraction of sp³-hybridized carbons (Fsp3) is 0.444. The molecule has 3 nitrogen and oxygen atoms in total. The minimum absolute atomic E-state index is 0.343. The number of hydrogen-bond donors (Lipinski definition) is 2. The van der Waals surface area contributed by atoms with E-state index < -0.39 is 0 Å². The molecule has 0 amide bonds. The molecule has 0 aliphatic rings. The average molecular weight is 287 g/mol. The van der Waals surface area contributed by atoms with Crippen molar-refractivity contribution >= 4 is 10.8 Å². The lowest BCUT2D eigenvalue weighted by Crippen LogP contribution is -2.24. The molecule has 0 radical (unpaired) electrons. The third-order valence-corrected chi connectivity index (χ3v) is 3.49. The van der Waals surface area contributed by atoms with Crippen LogP contribution in [0.3, 0.4) is 0 Å². The van der Waals surface area contributed by atoms with Crippen LogP contribution in [0.25, 0.3) is 10.8 Å². The van der Waals surface area contributed by atoms with Crippen LogP contribution in [0.1, 0.15) is 32.3 Å². The number of ether oxygens (including phenoxy) is 1. The molecule has 0 aromatic heterocycles. The van der Waals surface area contributed by atoms with Gasteiger partial charge in [-0.2, -0.15) is 0 Å². The van der Waals surface area contributed by atoms with Crippen molar-refractivity contribution in [2.45, 2.75) is 39.3 Å². The van der Waals surface area contributed by atoms with Crippen molar-refractivity contribution in [3.8, 4) is 5.75 Å². The maximum Gasteiger partial charge on any atom is 0.124 e. The highest BCUT2D eigenvalue weighted by Gasteiger charge is 2.09. The van der Waals surface area contributed by atoms with Gasteiger partial charge in [0.25, 0.3) is 0 Å². The van der Waals surface area contributed by atoms with Crippen molar-refractivity contribution < 1.29 is 9.84 Å². The van der Waals surface area contributed by atoms with Crippen molar-refractivity contribution in [3.05, 3.63) is 42.0 Å². The Morgan fingerprint density at radius 2 is 2.00 bits per heavy atom. The van der Waals surface area contributed by atoms with Crippen LogP contribution in [0, 0.1) is 0 Å². The topological polar surface area (TPSA) is 41.5 Å². The molecule has 0 bridgehead atoms. The van der Waals surface area contributed by atoms with Crippen LogP contribution in [-0.2, 0) is 6.54 Å². The van der Waals surface area contributed by atoms with Crippen LogP contribution in [0.4, 0.5) is 0 Å². The zero-order chi connectivity index (χ0) is 15.1. The van der Waals surface area contributed by atoms with Crippen LogP contribution in [0.5, 0.6) is 5.75 Å². The number of hydrogen-bond acceptors (Lipinski definition) is 3. The quantitative estimate of drug-likeness (QED) is 0.730.